The predicted octanol–water partition coefficient (Wildman–Crippen LogP) is 4.82. The molecule has 4 rings (SSSR count). The Labute approximate surface area is 146 Å². The molecule has 0 spiro atoms. The van der Waals surface area contributed by atoms with Gasteiger partial charge in [-0.3, -0.25) is 0 Å². The Kier molecular flexibility index (Phi) is 4.37. The van der Waals surface area contributed by atoms with Gasteiger partial charge in [0.05, 0.1) is 6.04 Å². The molecule has 0 saturated carbocycles. The summed E-state index contributed by atoms with van der Waals surface area (Å²) in [5, 5.41) is 15.3. The first-order valence-electron chi connectivity index (χ1n) is 8.46. The zero-order valence-corrected chi connectivity index (χ0v) is 14.4. The second-order valence-electron chi connectivity index (χ2n) is 6.38. The molecule has 122 valence electrons. The van der Waals surface area contributed by atoms with Gasteiger partial charge in [0.25, 0.3) is 0 Å². The largest absolute Gasteiger partial charge is 0.508 e. The molecule has 0 aliphatic heterocycles. The molecule has 0 saturated heterocycles. The molecule has 0 radical (unpaired) electrons. The molecule has 2 aromatic carbocycles. The number of fused-ring (bicyclic) bond motifs is 1. The van der Waals surface area contributed by atoms with Gasteiger partial charge in [-0.2, -0.15) is 0 Å². The van der Waals surface area contributed by atoms with Crippen LogP contribution in [0.2, 0.25) is 0 Å². The van der Waals surface area contributed by atoms with Gasteiger partial charge in [-0.05, 0) is 65.1 Å². The Morgan fingerprint density at radius 1 is 1.00 bits per heavy atom. The number of phenols is 1. The number of aryl methyl sites for hydroxylation is 2. The summed E-state index contributed by atoms with van der Waals surface area (Å²) >= 11 is 1.79. The summed E-state index contributed by atoms with van der Waals surface area (Å²) in [7, 11) is 0. The Morgan fingerprint density at radius 2 is 1.83 bits per heavy atom. The second-order valence-corrected chi connectivity index (χ2v) is 7.36. The highest BCUT2D eigenvalue weighted by Gasteiger charge is 2.18. The van der Waals surface area contributed by atoms with Crippen molar-refractivity contribution in [3.05, 3.63) is 87.1 Å². The molecular weight excluding hydrogens is 314 g/mol. The van der Waals surface area contributed by atoms with Gasteiger partial charge in [0, 0.05) is 11.4 Å². The van der Waals surface area contributed by atoms with Crippen LogP contribution >= 0.6 is 11.3 Å². The van der Waals surface area contributed by atoms with Gasteiger partial charge >= 0.3 is 0 Å². The molecule has 0 amide bonds. The fourth-order valence-electron chi connectivity index (χ4n) is 3.44. The van der Waals surface area contributed by atoms with E-state index < -0.39 is 0 Å². The third kappa shape index (κ3) is 3.23. The maximum Gasteiger partial charge on any atom is 0.115 e. The van der Waals surface area contributed by atoms with Crippen molar-refractivity contribution >= 4 is 11.3 Å². The summed E-state index contributed by atoms with van der Waals surface area (Å²) in [6.07, 6.45) is 3.71. The smallest absolute Gasteiger partial charge is 0.115 e. The monoisotopic (exact) mass is 335 g/mol. The molecule has 3 aromatic rings. The average molecular weight is 335 g/mol. The quantitative estimate of drug-likeness (QED) is 0.700. The molecule has 1 aliphatic rings. The van der Waals surface area contributed by atoms with Crippen molar-refractivity contribution in [3.8, 4) is 5.75 Å². The van der Waals surface area contributed by atoms with Crippen LogP contribution in [0.1, 0.15) is 39.6 Å². The third-order valence-electron chi connectivity index (χ3n) is 4.73. The number of hydrogen-bond donors (Lipinski definition) is 2. The van der Waals surface area contributed by atoms with Crippen LogP contribution in [0, 0.1) is 0 Å². The number of phenolic OH excluding ortho intramolecular Hbond substituents is 1. The summed E-state index contributed by atoms with van der Waals surface area (Å²) < 4.78 is 0. The zero-order valence-electron chi connectivity index (χ0n) is 13.5. The van der Waals surface area contributed by atoms with Gasteiger partial charge in [0.15, 0.2) is 0 Å². The van der Waals surface area contributed by atoms with Crippen LogP contribution in [0.4, 0.5) is 0 Å². The minimum Gasteiger partial charge on any atom is -0.508 e. The first kappa shape index (κ1) is 15.4. The summed E-state index contributed by atoms with van der Waals surface area (Å²) in [4.78, 5) is 1.34. The van der Waals surface area contributed by atoms with Crippen molar-refractivity contribution in [1.82, 2.24) is 5.32 Å². The standard InChI is InChI=1S/C21H21NOS/c23-19-10-6-15(7-11-19)14-22-21(20-5-2-12-24-20)18-9-8-16-3-1-4-17(16)13-18/h2,5-13,21-23H,1,3-4,14H2/t21-/m0/s1. The van der Waals surface area contributed by atoms with Gasteiger partial charge in [0.1, 0.15) is 5.75 Å². The lowest BCUT2D eigenvalue weighted by atomic mass is 9.99. The Balaban J connectivity index is 1.59. The molecule has 2 N–H and O–H groups in total. The third-order valence-corrected chi connectivity index (χ3v) is 5.67. The average Bonchev–Trinajstić information content (AvgIpc) is 3.28. The molecule has 1 aliphatic carbocycles. The van der Waals surface area contributed by atoms with Crippen molar-refractivity contribution in [2.45, 2.75) is 31.8 Å². The fourth-order valence-corrected chi connectivity index (χ4v) is 4.27. The zero-order chi connectivity index (χ0) is 16.4. The van der Waals surface area contributed by atoms with E-state index in [0.717, 1.165) is 6.54 Å². The van der Waals surface area contributed by atoms with E-state index in [1.165, 1.54) is 46.4 Å². The van der Waals surface area contributed by atoms with E-state index in [1.54, 1.807) is 23.5 Å². The van der Waals surface area contributed by atoms with Gasteiger partial charge in [-0.1, -0.05) is 36.4 Å². The van der Waals surface area contributed by atoms with E-state index in [9.17, 15) is 5.11 Å². The number of hydrogen-bond acceptors (Lipinski definition) is 3. The number of rotatable bonds is 5. The topological polar surface area (TPSA) is 32.3 Å². The maximum absolute atomic E-state index is 9.43. The lowest BCUT2D eigenvalue weighted by Crippen LogP contribution is -2.21. The molecule has 0 fully saturated rings. The van der Waals surface area contributed by atoms with E-state index in [2.05, 4.69) is 41.0 Å². The van der Waals surface area contributed by atoms with Gasteiger partial charge in [-0.15, -0.1) is 11.3 Å². The Hall–Kier alpha value is -2.10. The Morgan fingerprint density at radius 3 is 2.62 bits per heavy atom. The Bertz CT molecular complexity index is 808. The van der Waals surface area contributed by atoms with Crippen LogP contribution < -0.4 is 5.32 Å². The van der Waals surface area contributed by atoms with Gasteiger partial charge in [-0.25, -0.2) is 0 Å². The van der Waals surface area contributed by atoms with E-state index in [-0.39, 0.29) is 6.04 Å². The molecule has 1 atom stereocenters. The van der Waals surface area contributed by atoms with Crippen LogP contribution in [0.5, 0.6) is 5.75 Å². The van der Waals surface area contributed by atoms with Crippen molar-refractivity contribution in [2.24, 2.45) is 0 Å². The lowest BCUT2D eigenvalue weighted by Gasteiger charge is -2.19. The minimum absolute atomic E-state index is 0.213. The van der Waals surface area contributed by atoms with Crippen LogP contribution in [-0.4, -0.2) is 5.11 Å². The van der Waals surface area contributed by atoms with Crippen LogP contribution in [0.25, 0.3) is 0 Å². The van der Waals surface area contributed by atoms with Crippen molar-refractivity contribution in [3.63, 3.8) is 0 Å². The highest BCUT2D eigenvalue weighted by atomic mass is 32.1. The van der Waals surface area contributed by atoms with Crippen molar-refractivity contribution in [1.29, 1.82) is 0 Å². The maximum atomic E-state index is 9.43. The molecule has 1 heterocycles. The number of nitrogens with one attached hydrogen (secondary N) is 1. The second kappa shape index (κ2) is 6.80. The van der Waals surface area contributed by atoms with E-state index >= 15 is 0 Å². The van der Waals surface area contributed by atoms with Crippen molar-refractivity contribution in [2.75, 3.05) is 0 Å². The van der Waals surface area contributed by atoms with Crippen LogP contribution in [-0.2, 0) is 19.4 Å². The summed E-state index contributed by atoms with van der Waals surface area (Å²) in [6, 6.07) is 18.9. The van der Waals surface area contributed by atoms with Gasteiger partial charge < -0.3 is 10.4 Å². The highest BCUT2D eigenvalue weighted by Crippen LogP contribution is 2.30. The van der Waals surface area contributed by atoms with Crippen LogP contribution in [0.3, 0.4) is 0 Å². The van der Waals surface area contributed by atoms with Gasteiger partial charge in [0.2, 0.25) is 0 Å². The summed E-state index contributed by atoms with van der Waals surface area (Å²) in [6.45, 7) is 0.778. The van der Waals surface area contributed by atoms with Crippen molar-refractivity contribution < 1.29 is 5.11 Å². The number of thiophene rings is 1. The number of benzene rings is 2. The molecule has 0 unspecified atom stereocenters. The molecule has 24 heavy (non-hydrogen) atoms. The first-order chi connectivity index (χ1) is 11.8. The summed E-state index contributed by atoms with van der Waals surface area (Å²) in [5.74, 6) is 0.312. The minimum atomic E-state index is 0.213. The molecule has 1 aromatic heterocycles. The lowest BCUT2D eigenvalue weighted by molar-refractivity contribution is 0.475. The summed E-state index contributed by atoms with van der Waals surface area (Å²) in [5.41, 5.74) is 5.55. The fraction of sp³-hybridized carbons (Fsp3) is 0.238. The molecule has 3 heteroatoms. The van der Waals surface area contributed by atoms with Crippen LogP contribution in [0.15, 0.2) is 60.0 Å². The molecule has 2 nitrogen and oxygen atoms in total. The highest BCUT2D eigenvalue weighted by molar-refractivity contribution is 7.10. The molecule has 0 bridgehead atoms. The number of aromatic hydroxyl groups is 1. The van der Waals surface area contributed by atoms with E-state index in [4.69, 9.17) is 0 Å². The SMILES string of the molecule is Oc1ccc(CN[C@@H](c2ccc3c(c2)CCC3)c2cccs2)cc1. The van der Waals surface area contributed by atoms with E-state index in [1.807, 2.05) is 12.1 Å². The normalized spacial score (nSPS) is 14.5. The predicted molar refractivity (Wildman–Crippen MR) is 99.6 cm³/mol. The van der Waals surface area contributed by atoms with E-state index in [0.29, 0.717) is 5.75 Å². The first-order valence-corrected chi connectivity index (χ1v) is 9.34. The molecular formula is C21H21NOS.